The first-order valence-electron chi connectivity index (χ1n) is 6.74. The van der Waals surface area contributed by atoms with Crippen LogP contribution >= 0.6 is 0 Å². The number of nitrogens with zero attached hydrogens (tertiary/aromatic N) is 3. The Balaban J connectivity index is 1.75. The van der Waals surface area contributed by atoms with Crippen molar-refractivity contribution in [2.45, 2.75) is 13.0 Å². The quantitative estimate of drug-likeness (QED) is 0.929. The number of hydrogen-bond acceptors (Lipinski definition) is 5. The van der Waals surface area contributed by atoms with Crippen molar-refractivity contribution >= 4 is 21.5 Å². The summed E-state index contributed by atoms with van der Waals surface area (Å²) < 4.78 is 25.4. The maximum absolute atomic E-state index is 11.9. The Morgan fingerprint density at radius 2 is 2.19 bits per heavy atom. The van der Waals surface area contributed by atoms with Crippen LogP contribution in [0.25, 0.3) is 0 Å². The number of sulfonamides is 1. The van der Waals surface area contributed by atoms with Gasteiger partial charge in [0.2, 0.25) is 10.0 Å². The molecule has 7 heteroatoms. The topological polar surface area (TPSA) is 75.2 Å². The Hall–Kier alpha value is -2.15. The van der Waals surface area contributed by atoms with Crippen LogP contribution in [0.5, 0.6) is 0 Å². The van der Waals surface area contributed by atoms with E-state index in [2.05, 4.69) is 15.3 Å². The van der Waals surface area contributed by atoms with Crippen molar-refractivity contribution in [2.24, 2.45) is 0 Å². The van der Waals surface area contributed by atoms with Gasteiger partial charge in [-0.2, -0.15) is 0 Å². The van der Waals surface area contributed by atoms with Gasteiger partial charge in [-0.25, -0.2) is 13.4 Å². The predicted molar refractivity (Wildman–Crippen MR) is 81.6 cm³/mol. The van der Waals surface area contributed by atoms with E-state index in [1.165, 1.54) is 4.31 Å². The summed E-state index contributed by atoms with van der Waals surface area (Å²) in [5.74, 6) is 0.923. The van der Waals surface area contributed by atoms with E-state index in [1.807, 2.05) is 24.3 Å². The summed E-state index contributed by atoms with van der Waals surface area (Å²) in [6.07, 6.45) is 5.57. The lowest BCUT2D eigenvalue weighted by molar-refractivity contribution is 0.599. The number of benzene rings is 1. The minimum Gasteiger partial charge on any atom is -0.365 e. The molecule has 1 aliphatic heterocycles. The second-order valence-electron chi connectivity index (χ2n) is 4.86. The molecule has 1 aromatic carbocycles. The van der Waals surface area contributed by atoms with E-state index in [4.69, 9.17) is 0 Å². The molecule has 110 valence electrons. The molecule has 0 spiro atoms. The van der Waals surface area contributed by atoms with E-state index in [0.29, 0.717) is 25.3 Å². The molecule has 2 heterocycles. The molecule has 1 saturated heterocycles. The van der Waals surface area contributed by atoms with Crippen molar-refractivity contribution in [3.63, 3.8) is 0 Å². The fourth-order valence-electron chi connectivity index (χ4n) is 2.33. The lowest BCUT2D eigenvalue weighted by atomic mass is 10.2. The van der Waals surface area contributed by atoms with Gasteiger partial charge in [0.1, 0.15) is 5.82 Å². The highest BCUT2D eigenvalue weighted by molar-refractivity contribution is 7.93. The van der Waals surface area contributed by atoms with Gasteiger partial charge in [0.15, 0.2) is 0 Å². The van der Waals surface area contributed by atoms with Gasteiger partial charge in [0, 0.05) is 25.5 Å². The van der Waals surface area contributed by atoms with Crippen molar-refractivity contribution in [3.05, 3.63) is 48.4 Å². The van der Waals surface area contributed by atoms with Crippen LogP contribution in [-0.4, -0.2) is 30.7 Å². The number of nitrogens with one attached hydrogen (secondary N) is 1. The molecule has 1 N–H and O–H groups in total. The predicted octanol–water partition coefficient (Wildman–Crippen LogP) is 1.63. The van der Waals surface area contributed by atoms with E-state index >= 15 is 0 Å². The summed E-state index contributed by atoms with van der Waals surface area (Å²) in [7, 11) is -3.13. The highest BCUT2D eigenvalue weighted by Gasteiger charge is 2.28. The van der Waals surface area contributed by atoms with Gasteiger partial charge in [-0.3, -0.25) is 9.29 Å². The molecule has 3 rings (SSSR count). The zero-order valence-corrected chi connectivity index (χ0v) is 12.3. The first-order valence-corrected chi connectivity index (χ1v) is 8.35. The summed E-state index contributed by atoms with van der Waals surface area (Å²) in [5, 5.41) is 3.16. The highest BCUT2D eigenvalue weighted by atomic mass is 32.2. The Kier molecular flexibility index (Phi) is 3.74. The Bertz CT molecular complexity index is 719. The SMILES string of the molecule is O=S1(=O)CCCN1c1cccc(CNc2cnccn2)c1. The Labute approximate surface area is 123 Å². The summed E-state index contributed by atoms with van der Waals surface area (Å²) in [5.41, 5.74) is 1.73. The summed E-state index contributed by atoms with van der Waals surface area (Å²) in [6, 6.07) is 7.55. The molecule has 0 radical (unpaired) electrons. The van der Waals surface area contributed by atoms with Gasteiger partial charge >= 0.3 is 0 Å². The summed E-state index contributed by atoms with van der Waals surface area (Å²) in [4.78, 5) is 8.12. The van der Waals surface area contributed by atoms with Crippen molar-refractivity contribution in [3.8, 4) is 0 Å². The highest BCUT2D eigenvalue weighted by Crippen LogP contribution is 2.24. The minimum atomic E-state index is -3.13. The van der Waals surface area contributed by atoms with E-state index < -0.39 is 10.0 Å². The van der Waals surface area contributed by atoms with Crippen molar-refractivity contribution in [2.75, 3.05) is 21.9 Å². The van der Waals surface area contributed by atoms with E-state index in [-0.39, 0.29) is 5.75 Å². The molecule has 0 atom stereocenters. The molecule has 0 saturated carbocycles. The first kappa shape index (κ1) is 13.8. The van der Waals surface area contributed by atoms with Crippen LogP contribution in [0.2, 0.25) is 0 Å². The van der Waals surface area contributed by atoms with Gasteiger partial charge < -0.3 is 5.32 Å². The van der Waals surface area contributed by atoms with Gasteiger partial charge in [0.25, 0.3) is 0 Å². The second kappa shape index (κ2) is 5.69. The number of hydrogen-bond donors (Lipinski definition) is 1. The van der Waals surface area contributed by atoms with Crippen LogP contribution in [-0.2, 0) is 16.6 Å². The number of anilines is 2. The molecule has 21 heavy (non-hydrogen) atoms. The monoisotopic (exact) mass is 304 g/mol. The van der Waals surface area contributed by atoms with E-state index in [9.17, 15) is 8.42 Å². The molecule has 1 aliphatic rings. The van der Waals surface area contributed by atoms with Crippen LogP contribution in [0.3, 0.4) is 0 Å². The summed E-state index contributed by atoms with van der Waals surface area (Å²) >= 11 is 0. The van der Waals surface area contributed by atoms with Crippen molar-refractivity contribution in [1.29, 1.82) is 0 Å². The molecule has 0 aliphatic carbocycles. The van der Waals surface area contributed by atoms with Crippen LogP contribution in [0, 0.1) is 0 Å². The number of rotatable bonds is 4. The maximum Gasteiger partial charge on any atom is 0.235 e. The average Bonchev–Trinajstić information content (AvgIpc) is 2.86. The average molecular weight is 304 g/mol. The molecule has 1 fully saturated rings. The third-order valence-electron chi connectivity index (χ3n) is 3.33. The standard InChI is InChI=1S/C14H16N4O2S/c19-21(20)8-2-7-18(21)13-4-1-3-12(9-13)10-17-14-11-15-5-6-16-14/h1,3-6,9,11H,2,7-8,10H2,(H,16,17). The second-order valence-corrected chi connectivity index (χ2v) is 6.87. The fraction of sp³-hybridized carbons (Fsp3) is 0.286. The van der Waals surface area contributed by atoms with Gasteiger partial charge in [-0.15, -0.1) is 0 Å². The van der Waals surface area contributed by atoms with Crippen molar-refractivity contribution in [1.82, 2.24) is 9.97 Å². The first-order chi connectivity index (χ1) is 10.1. The molecule has 0 bridgehead atoms. The third kappa shape index (κ3) is 3.13. The normalized spacial score (nSPS) is 16.9. The third-order valence-corrected chi connectivity index (χ3v) is 5.20. The van der Waals surface area contributed by atoms with E-state index in [1.54, 1.807) is 18.6 Å². The van der Waals surface area contributed by atoms with Gasteiger partial charge in [0.05, 0.1) is 17.6 Å². The summed E-state index contributed by atoms with van der Waals surface area (Å²) in [6.45, 7) is 1.13. The number of aromatic nitrogens is 2. The molecule has 0 unspecified atom stereocenters. The van der Waals surface area contributed by atoms with Crippen LogP contribution in [0.15, 0.2) is 42.9 Å². The Morgan fingerprint density at radius 1 is 1.29 bits per heavy atom. The molecule has 2 aromatic rings. The molecular formula is C14H16N4O2S. The van der Waals surface area contributed by atoms with Crippen LogP contribution < -0.4 is 9.62 Å². The van der Waals surface area contributed by atoms with Gasteiger partial charge in [-0.05, 0) is 24.1 Å². The van der Waals surface area contributed by atoms with E-state index in [0.717, 1.165) is 11.3 Å². The zero-order chi connectivity index (χ0) is 14.7. The lowest BCUT2D eigenvalue weighted by Gasteiger charge is -2.17. The Morgan fingerprint density at radius 3 is 2.90 bits per heavy atom. The maximum atomic E-state index is 11.9. The minimum absolute atomic E-state index is 0.231. The largest absolute Gasteiger partial charge is 0.365 e. The van der Waals surface area contributed by atoms with Gasteiger partial charge in [-0.1, -0.05) is 12.1 Å². The molecule has 1 aromatic heterocycles. The molecule has 6 nitrogen and oxygen atoms in total. The fourth-order valence-corrected chi connectivity index (χ4v) is 3.89. The smallest absolute Gasteiger partial charge is 0.235 e. The van der Waals surface area contributed by atoms with Crippen LogP contribution in [0.1, 0.15) is 12.0 Å². The van der Waals surface area contributed by atoms with Crippen molar-refractivity contribution < 1.29 is 8.42 Å². The lowest BCUT2D eigenvalue weighted by Crippen LogP contribution is -2.25. The van der Waals surface area contributed by atoms with Crippen LogP contribution in [0.4, 0.5) is 11.5 Å². The molecular weight excluding hydrogens is 288 g/mol. The molecule has 0 amide bonds. The zero-order valence-electron chi connectivity index (χ0n) is 11.4.